The fourth-order valence-corrected chi connectivity index (χ4v) is 3.79. The van der Waals surface area contributed by atoms with Gasteiger partial charge in [0.1, 0.15) is 5.75 Å². The van der Waals surface area contributed by atoms with E-state index in [1.807, 2.05) is 6.92 Å². The highest BCUT2D eigenvalue weighted by atomic mass is 32.2. The molecule has 0 aliphatic rings. The van der Waals surface area contributed by atoms with Crippen LogP contribution in [0.4, 0.5) is 18.9 Å². The van der Waals surface area contributed by atoms with Gasteiger partial charge in [-0.3, -0.25) is 9.59 Å². The van der Waals surface area contributed by atoms with Crippen LogP contribution < -0.4 is 10.1 Å². The molecule has 0 unspecified atom stereocenters. The highest BCUT2D eigenvalue weighted by Gasteiger charge is 2.31. The number of ether oxygens (including phenoxy) is 1. The van der Waals surface area contributed by atoms with Gasteiger partial charge in [0.2, 0.25) is 15.9 Å². The number of nitrogens with zero attached hydrogens (tertiary/aromatic N) is 1. The van der Waals surface area contributed by atoms with Crippen LogP contribution in [0.5, 0.6) is 5.75 Å². The number of nitrogens with one attached hydrogen (secondary N) is 1. The van der Waals surface area contributed by atoms with Crippen molar-refractivity contribution in [3.05, 3.63) is 53.6 Å². The maximum Gasteiger partial charge on any atom is 0.416 e. The number of anilines is 1. The Balaban J connectivity index is 2.20. The van der Waals surface area contributed by atoms with Crippen LogP contribution in [0.25, 0.3) is 0 Å². The first kappa shape index (κ1) is 25.3. The zero-order valence-electron chi connectivity index (χ0n) is 17.7. The number of carbonyl (C=O) groups is 2. The van der Waals surface area contributed by atoms with Gasteiger partial charge >= 0.3 is 6.18 Å². The molecule has 1 amide bonds. The standard InChI is InChI=1S/C21H23F3N2O5S/c1-4-11-31-19-10-7-16(21(22,23)24)12-18(19)25-20(28)13-26(3)32(29,30)17-8-5-15(6-9-17)14(2)27/h5-10,12H,4,11,13H2,1-3H3,(H,25,28). The minimum Gasteiger partial charge on any atom is -0.491 e. The summed E-state index contributed by atoms with van der Waals surface area (Å²) in [6.45, 7) is 2.72. The van der Waals surface area contributed by atoms with Crippen LogP contribution in [0.15, 0.2) is 47.4 Å². The third kappa shape index (κ3) is 6.30. The molecular formula is C21H23F3N2O5S. The van der Waals surface area contributed by atoms with Gasteiger partial charge in [-0.25, -0.2) is 8.42 Å². The second-order valence-electron chi connectivity index (χ2n) is 6.95. The predicted octanol–water partition coefficient (Wildman–Crippen LogP) is 3.96. The molecule has 174 valence electrons. The second-order valence-corrected chi connectivity index (χ2v) is 8.99. The molecule has 0 saturated carbocycles. The van der Waals surface area contributed by atoms with Crippen molar-refractivity contribution in [2.75, 3.05) is 25.5 Å². The number of benzene rings is 2. The van der Waals surface area contributed by atoms with Gasteiger partial charge < -0.3 is 10.1 Å². The summed E-state index contributed by atoms with van der Waals surface area (Å²) in [5.74, 6) is -1.04. The van der Waals surface area contributed by atoms with Gasteiger partial charge in [0.15, 0.2) is 5.78 Å². The SMILES string of the molecule is CCCOc1ccc(C(F)(F)F)cc1NC(=O)CN(C)S(=O)(=O)c1ccc(C(C)=O)cc1. The van der Waals surface area contributed by atoms with Gasteiger partial charge in [-0.1, -0.05) is 19.1 Å². The molecule has 0 radical (unpaired) electrons. The van der Waals surface area contributed by atoms with Crippen molar-refractivity contribution < 1.29 is 35.9 Å². The molecule has 2 rings (SSSR count). The molecule has 1 N–H and O–H groups in total. The van der Waals surface area contributed by atoms with Crippen LogP contribution in [-0.4, -0.2) is 44.6 Å². The van der Waals surface area contributed by atoms with Crippen LogP contribution in [0.3, 0.4) is 0 Å². The van der Waals surface area contributed by atoms with Crippen molar-refractivity contribution in [1.82, 2.24) is 4.31 Å². The Morgan fingerprint density at radius 2 is 1.72 bits per heavy atom. The monoisotopic (exact) mass is 472 g/mol. The van der Waals surface area contributed by atoms with Crippen LogP contribution in [0, 0.1) is 0 Å². The lowest BCUT2D eigenvalue weighted by atomic mass is 10.1. The van der Waals surface area contributed by atoms with Gasteiger partial charge in [0, 0.05) is 12.6 Å². The van der Waals surface area contributed by atoms with E-state index in [0.29, 0.717) is 12.0 Å². The molecule has 2 aromatic rings. The van der Waals surface area contributed by atoms with Gasteiger partial charge in [0.25, 0.3) is 0 Å². The molecule has 2 aromatic carbocycles. The molecule has 0 aliphatic heterocycles. The molecule has 32 heavy (non-hydrogen) atoms. The first-order valence-electron chi connectivity index (χ1n) is 9.57. The summed E-state index contributed by atoms with van der Waals surface area (Å²) in [5.41, 5.74) is -0.869. The maximum atomic E-state index is 13.1. The Morgan fingerprint density at radius 1 is 1.09 bits per heavy atom. The number of likely N-dealkylation sites (N-methyl/N-ethyl adjacent to an activating group) is 1. The molecule has 0 spiro atoms. The van der Waals surface area contributed by atoms with Gasteiger partial charge in [0.05, 0.1) is 29.3 Å². The molecule has 0 heterocycles. The Morgan fingerprint density at radius 3 is 2.25 bits per heavy atom. The maximum absolute atomic E-state index is 13.1. The molecular weight excluding hydrogens is 449 g/mol. The lowest BCUT2D eigenvalue weighted by Crippen LogP contribution is -2.35. The van der Waals surface area contributed by atoms with E-state index in [1.165, 1.54) is 31.2 Å². The van der Waals surface area contributed by atoms with Crippen molar-refractivity contribution in [2.24, 2.45) is 0 Å². The summed E-state index contributed by atoms with van der Waals surface area (Å²) < 4.78 is 70.7. The van der Waals surface area contributed by atoms with Crippen LogP contribution in [0.1, 0.15) is 36.2 Å². The summed E-state index contributed by atoms with van der Waals surface area (Å²) in [7, 11) is -2.91. The van der Waals surface area contributed by atoms with Crippen LogP contribution >= 0.6 is 0 Å². The van der Waals surface area contributed by atoms with Crippen LogP contribution in [-0.2, 0) is 21.0 Å². The fourth-order valence-electron chi connectivity index (χ4n) is 2.66. The average Bonchev–Trinajstić information content (AvgIpc) is 2.72. The number of amides is 1. The summed E-state index contributed by atoms with van der Waals surface area (Å²) >= 11 is 0. The predicted molar refractivity (Wildman–Crippen MR) is 112 cm³/mol. The van der Waals surface area contributed by atoms with Crippen molar-refractivity contribution in [3.63, 3.8) is 0 Å². The molecule has 7 nitrogen and oxygen atoms in total. The number of ketones is 1. The van der Waals surface area contributed by atoms with E-state index < -0.39 is 34.2 Å². The highest BCUT2D eigenvalue weighted by Crippen LogP contribution is 2.35. The molecule has 0 bridgehead atoms. The summed E-state index contributed by atoms with van der Waals surface area (Å²) in [6, 6.07) is 7.85. The topological polar surface area (TPSA) is 92.8 Å². The summed E-state index contributed by atoms with van der Waals surface area (Å²) in [4.78, 5) is 23.6. The quantitative estimate of drug-likeness (QED) is 0.558. The average molecular weight is 472 g/mol. The fraction of sp³-hybridized carbons (Fsp3) is 0.333. The lowest BCUT2D eigenvalue weighted by molar-refractivity contribution is -0.137. The zero-order chi connectivity index (χ0) is 24.1. The summed E-state index contributed by atoms with van der Waals surface area (Å²) in [6.07, 6.45) is -4.03. The van der Waals surface area contributed by atoms with Crippen molar-refractivity contribution in [1.29, 1.82) is 0 Å². The molecule has 11 heteroatoms. The molecule has 0 aromatic heterocycles. The number of carbonyl (C=O) groups excluding carboxylic acids is 2. The van der Waals surface area contributed by atoms with Crippen molar-refractivity contribution in [3.8, 4) is 5.75 Å². The van der Waals surface area contributed by atoms with Crippen molar-refractivity contribution in [2.45, 2.75) is 31.3 Å². The van der Waals surface area contributed by atoms with Crippen molar-refractivity contribution >= 4 is 27.4 Å². The second kappa shape index (κ2) is 10.1. The Labute approximate surface area is 184 Å². The summed E-state index contributed by atoms with van der Waals surface area (Å²) in [5, 5.41) is 2.30. The highest BCUT2D eigenvalue weighted by molar-refractivity contribution is 7.89. The molecule has 0 atom stereocenters. The number of rotatable bonds is 9. The van der Waals surface area contributed by atoms with Crippen LogP contribution in [0.2, 0.25) is 0 Å². The van der Waals surface area contributed by atoms with E-state index in [4.69, 9.17) is 4.74 Å². The molecule has 0 aliphatic carbocycles. The number of halogens is 3. The smallest absolute Gasteiger partial charge is 0.416 e. The third-order valence-electron chi connectivity index (χ3n) is 4.38. The largest absolute Gasteiger partial charge is 0.491 e. The number of Topliss-reactive ketones (excluding diaryl/α,β-unsaturated/α-hetero) is 1. The van der Waals surface area contributed by atoms with E-state index in [2.05, 4.69) is 5.32 Å². The molecule has 0 saturated heterocycles. The third-order valence-corrected chi connectivity index (χ3v) is 6.20. The van der Waals surface area contributed by atoms with E-state index in [1.54, 1.807) is 0 Å². The Bertz CT molecular complexity index is 1080. The minimum absolute atomic E-state index is 0.0403. The van der Waals surface area contributed by atoms with E-state index in [-0.39, 0.29) is 28.7 Å². The minimum atomic E-state index is -4.63. The van der Waals surface area contributed by atoms with E-state index >= 15 is 0 Å². The number of hydrogen-bond acceptors (Lipinski definition) is 5. The Kier molecular flexibility index (Phi) is 8.02. The number of alkyl halides is 3. The number of sulfonamides is 1. The zero-order valence-corrected chi connectivity index (χ0v) is 18.5. The Hall–Kier alpha value is -2.92. The van der Waals surface area contributed by atoms with E-state index in [9.17, 15) is 31.2 Å². The van der Waals surface area contributed by atoms with E-state index in [0.717, 1.165) is 29.6 Å². The lowest BCUT2D eigenvalue weighted by Gasteiger charge is -2.19. The van der Waals surface area contributed by atoms with Gasteiger partial charge in [-0.2, -0.15) is 17.5 Å². The van der Waals surface area contributed by atoms with Gasteiger partial charge in [-0.05, 0) is 43.7 Å². The van der Waals surface area contributed by atoms with Gasteiger partial charge in [-0.15, -0.1) is 0 Å². The first-order chi connectivity index (χ1) is 14.9. The molecule has 0 fully saturated rings. The normalized spacial score (nSPS) is 12.0. The number of hydrogen-bond donors (Lipinski definition) is 1. The first-order valence-corrected chi connectivity index (χ1v) is 11.0.